The van der Waals surface area contributed by atoms with Gasteiger partial charge in [-0.15, -0.1) is 0 Å². The number of hydrogen-bond acceptors (Lipinski definition) is 6. The quantitative estimate of drug-likeness (QED) is 0.585. The number of nitrogens with zero attached hydrogens (tertiary/aromatic N) is 1. The van der Waals surface area contributed by atoms with Crippen LogP contribution in [0.1, 0.15) is 30.0 Å². The number of ether oxygens (including phenoxy) is 1. The van der Waals surface area contributed by atoms with Crippen molar-refractivity contribution in [3.63, 3.8) is 0 Å². The maximum atomic E-state index is 11.7. The number of benzene rings is 2. The van der Waals surface area contributed by atoms with Crippen LogP contribution in [0.5, 0.6) is 5.88 Å². The first-order valence-corrected chi connectivity index (χ1v) is 12.2. The van der Waals surface area contributed by atoms with Gasteiger partial charge in [0.2, 0.25) is 5.88 Å². The summed E-state index contributed by atoms with van der Waals surface area (Å²) in [6, 6.07) is 21.2. The Morgan fingerprint density at radius 3 is 2.52 bits per heavy atom. The molecule has 3 aromatic rings. The van der Waals surface area contributed by atoms with E-state index in [1.54, 1.807) is 18.3 Å². The molecule has 3 atom stereocenters. The third kappa shape index (κ3) is 5.06. The molecule has 2 heterocycles. The van der Waals surface area contributed by atoms with Crippen molar-refractivity contribution >= 4 is 15.5 Å². The van der Waals surface area contributed by atoms with Gasteiger partial charge >= 0.3 is 0 Å². The van der Waals surface area contributed by atoms with Gasteiger partial charge in [-0.2, -0.15) is 0 Å². The average molecular weight is 438 g/mol. The lowest BCUT2D eigenvalue weighted by Crippen LogP contribution is -2.43. The van der Waals surface area contributed by atoms with Gasteiger partial charge in [0.25, 0.3) is 0 Å². The van der Waals surface area contributed by atoms with Crippen LogP contribution >= 0.6 is 0 Å². The Bertz CT molecular complexity index is 1120. The van der Waals surface area contributed by atoms with Gasteiger partial charge < -0.3 is 15.4 Å². The molecule has 4 rings (SSSR count). The molecule has 0 unspecified atom stereocenters. The van der Waals surface area contributed by atoms with Gasteiger partial charge in [-0.25, -0.2) is 13.4 Å². The topological polar surface area (TPSA) is 80.3 Å². The van der Waals surface area contributed by atoms with Gasteiger partial charge in [0.15, 0.2) is 9.84 Å². The maximum Gasteiger partial charge on any atom is 0.237 e. The standard InChI is InChI=1S/C24H27N3O3S/c1-17(18-10-12-20(13-11-18)31(2,28)29)15-27-23(19-7-4-3-5-8-19)22-16-26-21-9-6-14-25-24(21)30-22/h3-14,17,22-23,26-27H,15-16H2,1-2H3/t17-,22+,23-/m1/s1. The first kappa shape index (κ1) is 21.3. The zero-order valence-electron chi connectivity index (χ0n) is 17.7. The summed E-state index contributed by atoms with van der Waals surface area (Å²) < 4.78 is 29.7. The molecule has 0 saturated carbocycles. The van der Waals surface area contributed by atoms with Crippen molar-refractivity contribution in [3.05, 3.63) is 84.1 Å². The van der Waals surface area contributed by atoms with Gasteiger partial charge in [0.05, 0.1) is 23.2 Å². The summed E-state index contributed by atoms with van der Waals surface area (Å²) >= 11 is 0. The summed E-state index contributed by atoms with van der Waals surface area (Å²) in [4.78, 5) is 4.69. The van der Waals surface area contributed by atoms with Gasteiger partial charge in [0.1, 0.15) is 6.10 Å². The lowest BCUT2D eigenvalue weighted by molar-refractivity contribution is 0.149. The van der Waals surface area contributed by atoms with Crippen molar-refractivity contribution in [2.24, 2.45) is 0 Å². The fourth-order valence-corrected chi connectivity index (χ4v) is 4.42. The minimum atomic E-state index is -3.19. The minimum absolute atomic E-state index is 0.0263. The molecule has 7 heteroatoms. The Hall–Kier alpha value is -2.90. The van der Waals surface area contributed by atoms with E-state index in [4.69, 9.17) is 4.74 Å². The van der Waals surface area contributed by atoms with E-state index < -0.39 is 9.84 Å². The fraction of sp³-hybridized carbons (Fsp3) is 0.292. The first-order valence-electron chi connectivity index (χ1n) is 10.4. The van der Waals surface area contributed by atoms with Gasteiger partial charge in [-0.05, 0) is 41.3 Å². The Kier molecular flexibility index (Phi) is 6.25. The minimum Gasteiger partial charge on any atom is -0.469 e. The summed E-state index contributed by atoms with van der Waals surface area (Å²) in [5, 5.41) is 7.09. The Balaban J connectivity index is 1.49. The molecular formula is C24H27N3O3S. The summed E-state index contributed by atoms with van der Waals surface area (Å²) in [6.45, 7) is 3.51. The zero-order chi connectivity index (χ0) is 21.8. The van der Waals surface area contributed by atoms with E-state index in [0.29, 0.717) is 23.9 Å². The Morgan fingerprint density at radius 1 is 1.06 bits per heavy atom. The summed E-state index contributed by atoms with van der Waals surface area (Å²) in [7, 11) is -3.19. The van der Waals surface area contributed by atoms with Crippen molar-refractivity contribution in [1.82, 2.24) is 10.3 Å². The smallest absolute Gasteiger partial charge is 0.237 e. The number of sulfone groups is 1. The molecule has 0 aliphatic carbocycles. The molecule has 2 aromatic carbocycles. The van der Waals surface area contributed by atoms with Crippen molar-refractivity contribution in [2.45, 2.75) is 29.9 Å². The van der Waals surface area contributed by atoms with E-state index in [0.717, 1.165) is 16.8 Å². The highest BCUT2D eigenvalue weighted by Crippen LogP contribution is 2.31. The van der Waals surface area contributed by atoms with Crippen LogP contribution in [-0.2, 0) is 9.84 Å². The molecule has 1 aliphatic heterocycles. The number of rotatable bonds is 7. The van der Waals surface area contributed by atoms with Crippen LogP contribution in [0, 0.1) is 0 Å². The highest BCUT2D eigenvalue weighted by atomic mass is 32.2. The monoisotopic (exact) mass is 437 g/mol. The molecule has 0 fully saturated rings. The SMILES string of the molecule is C[C@H](CN[C@H](c1ccccc1)[C@@H]1CNc2cccnc2O1)c1ccc(S(C)(=O)=O)cc1. The van der Waals surface area contributed by atoms with Crippen LogP contribution in [0.15, 0.2) is 77.8 Å². The van der Waals surface area contributed by atoms with Crippen molar-refractivity contribution in [1.29, 1.82) is 0 Å². The molecule has 6 nitrogen and oxygen atoms in total. The Labute approximate surface area is 183 Å². The highest BCUT2D eigenvalue weighted by Gasteiger charge is 2.29. The summed E-state index contributed by atoms with van der Waals surface area (Å²) in [5.74, 6) is 0.813. The van der Waals surface area contributed by atoms with Crippen LogP contribution in [0.4, 0.5) is 5.69 Å². The second-order valence-corrected chi connectivity index (χ2v) is 9.95. The number of fused-ring (bicyclic) bond motifs is 1. The average Bonchev–Trinajstić information content (AvgIpc) is 2.79. The first-order chi connectivity index (χ1) is 14.9. The van der Waals surface area contributed by atoms with Crippen LogP contribution in [0.2, 0.25) is 0 Å². The predicted octanol–water partition coefficient (Wildman–Crippen LogP) is 3.79. The predicted molar refractivity (Wildman–Crippen MR) is 122 cm³/mol. The third-order valence-corrected chi connectivity index (χ3v) is 6.71. The summed E-state index contributed by atoms with van der Waals surface area (Å²) in [6.07, 6.45) is 2.84. The van der Waals surface area contributed by atoms with E-state index >= 15 is 0 Å². The van der Waals surface area contributed by atoms with E-state index in [1.807, 2.05) is 42.5 Å². The number of anilines is 1. The third-order valence-electron chi connectivity index (χ3n) is 5.58. The number of pyridine rings is 1. The highest BCUT2D eigenvalue weighted by molar-refractivity contribution is 7.90. The lowest BCUT2D eigenvalue weighted by atomic mass is 9.97. The molecule has 162 valence electrons. The van der Waals surface area contributed by atoms with E-state index in [9.17, 15) is 8.42 Å². The maximum absolute atomic E-state index is 11.7. The van der Waals surface area contributed by atoms with Gasteiger partial charge in [-0.3, -0.25) is 0 Å². The molecule has 2 N–H and O–H groups in total. The van der Waals surface area contributed by atoms with Gasteiger partial charge in [-0.1, -0.05) is 49.4 Å². The molecule has 0 radical (unpaired) electrons. The molecule has 0 bridgehead atoms. The molecule has 1 aromatic heterocycles. The number of hydrogen-bond donors (Lipinski definition) is 2. The second kappa shape index (κ2) is 9.08. The fourth-order valence-electron chi connectivity index (χ4n) is 3.79. The molecule has 0 spiro atoms. The van der Waals surface area contributed by atoms with E-state index in [2.05, 4.69) is 34.7 Å². The number of nitrogens with one attached hydrogen (secondary N) is 2. The van der Waals surface area contributed by atoms with Gasteiger partial charge in [0, 0.05) is 19.0 Å². The van der Waals surface area contributed by atoms with Crippen LogP contribution in [0.25, 0.3) is 0 Å². The van der Waals surface area contributed by atoms with E-state index in [1.165, 1.54) is 6.26 Å². The van der Waals surface area contributed by atoms with Crippen molar-refractivity contribution in [3.8, 4) is 5.88 Å². The number of aromatic nitrogens is 1. The molecule has 1 aliphatic rings. The van der Waals surface area contributed by atoms with E-state index in [-0.39, 0.29) is 18.1 Å². The lowest BCUT2D eigenvalue weighted by Gasteiger charge is -2.33. The zero-order valence-corrected chi connectivity index (χ0v) is 18.5. The van der Waals surface area contributed by atoms with Crippen molar-refractivity contribution < 1.29 is 13.2 Å². The largest absolute Gasteiger partial charge is 0.469 e. The normalized spacial score (nSPS) is 17.7. The Morgan fingerprint density at radius 2 is 1.81 bits per heavy atom. The second-order valence-electron chi connectivity index (χ2n) is 7.93. The van der Waals surface area contributed by atoms with Crippen LogP contribution in [-0.4, -0.2) is 38.9 Å². The summed E-state index contributed by atoms with van der Waals surface area (Å²) in [5.41, 5.74) is 3.14. The van der Waals surface area contributed by atoms with Crippen LogP contribution < -0.4 is 15.4 Å². The molecular weight excluding hydrogens is 410 g/mol. The molecule has 31 heavy (non-hydrogen) atoms. The van der Waals surface area contributed by atoms with Crippen LogP contribution in [0.3, 0.4) is 0 Å². The molecule has 0 saturated heterocycles. The van der Waals surface area contributed by atoms with Crippen molar-refractivity contribution in [2.75, 3.05) is 24.7 Å². The molecule has 0 amide bonds.